The Kier molecular flexibility index (Phi) is 3.38. The Labute approximate surface area is 90.0 Å². The maximum absolute atomic E-state index is 5.71. The van der Waals surface area contributed by atoms with Gasteiger partial charge in [0.15, 0.2) is 5.89 Å². The molecule has 1 fully saturated rings. The lowest BCUT2D eigenvalue weighted by molar-refractivity contribution is 0.190. The van der Waals surface area contributed by atoms with Crippen molar-refractivity contribution in [3.05, 3.63) is 17.8 Å². The van der Waals surface area contributed by atoms with Gasteiger partial charge >= 0.3 is 0 Å². The lowest BCUT2D eigenvalue weighted by Gasteiger charge is -2.06. The first-order chi connectivity index (χ1) is 7.29. The fourth-order valence-corrected chi connectivity index (χ4v) is 1.74. The first-order valence-electron chi connectivity index (χ1n) is 5.49. The molecule has 0 spiro atoms. The molecule has 1 aromatic heterocycles. The van der Waals surface area contributed by atoms with Gasteiger partial charge in [-0.15, -0.1) is 0 Å². The monoisotopic (exact) mass is 210 g/mol. The van der Waals surface area contributed by atoms with Gasteiger partial charge in [0.25, 0.3) is 0 Å². The second kappa shape index (κ2) is 4.77. The summed E-state index contributed by atoms with van der Waals surface area (Å²) >= 11 is 0. The number of rotatable bonds is 4. The number of ether oxygens (including phenoxy) is 1. The standard InChI is InChI=1S/C11H18N2O2/c1-8(12-2)5-10-6-13-11(15-10)9-3-4-14-7-9/h6,8-9,12H,3-5,7H2,1-2H3. The highest BCUT2D eigenvalue weighted by Gasteiger charge is 2.22. The van der Waals surface area contributed by atoms with Crippen LogP contribution in [-0.2, 0) is 11.2 Å². The third kappa shape index (κ3) is 2.58. The first kappa shape index (κ1) is 10.6. The van der Waals surface area contributed by atoms with Gasteiger partial charge in [0.2, 0.25) is 0 Å². The van der Waals surface area contributed by atoms with E-state index < -0.39 is 0 Å². The van der Waals surface area contributed by atoms with Gasteiger partial charge in [0.1, 0.15) is 5.76 Å². The lowest BCUT2D eigenvalue weighted by atomic mass is 10.1. The molecule has 4 heteroatoms. The summed E-state index contributed by atoms with van der Waals surface area (Å²) < 4.78 is 11.0. The zero-order valence-electron chi connectivity index (χ0n) is 9.32. The van der Waals surface area contributed by atoms with Crippen molar-refractivity contribution < 1.29 is 9.15 Å². The molecule has 15 heavy (non-hydrogen) atoms. The topological polar surface area (TPSA) is 47.3 Å². The Balaban J connectivity index is 1.97. The van der Waals surface area contributed by atoms with E-state index in [-0.39, 0.29) is 0 Å². The predicted molar refractivity (Wildman–Crippen MR) is 56.9 cm³/mol. The van der Waals surface area contributed by atoms with Gasteiger partial charge in [-0.1, -0.05) is 0 Å². The number of nitrogens with zero attached hydrogens (tertiary/aromatic N) is 1. The van der Waals surface area contributed by atoms with Crippen LogP contribution in [0.4, 0.5) is 0 Å². The molecule has 1 aromatic rings. The van der Waals surface area contributed by atoms with Gasteiger partial charge < -0.3 is 14.5 Å². The van der Waals surface area contributed by atoms with Crippen molar-refractivity contribution in [2.45, 2.75) is 31.7 Å². The Morgan fingerprint density at radius 2 is 2.53 bits per heavy atom. The lowest BCUT2D eigenvalue weighted by Crippen LogP contribution is -2.23. The molecule has 84 valence electrons. The number of nitrogens with one attached hydrogen (secondary N) is 1. The van der Waals surface area contributed by atoms with E-state index in [1.165, 1.54) is 0 Å². The van der Waals surface area contributed by atoms with E-state index in [2.05, 4.69) is 17.2 Å². The van der Waals surface area contributed by atoms with Crippen LogP contribution in [0.3, 0.4) is 0 Å². The van der Waals surface area contributed by atoms with Crippen molar-refractivity contribution in [3.8, 4) is 0 Å². The maximum Gasteiger partial charge on any atom is 0.199 e. The summed E-state index contributed by atoms with van der Waals surface area (Å²) in [6, 6.07) is 0.422. The highest BCUT2D eigenvalue weighted by Crippen LogP contribution is 2.24. The molecular formula is C11H18N2O2. The summed E-state index contributed by atoms with van der Waals surface area (Å²) in [6.07, 6.45) is 3.75. The van der Waals surface area contributed by atoms with Crippen LogP contribution in [0.15, 0.2) is 10.6 Å². The number of aromatic nitrogens is 1. The second-order valence-corrected chi connectivity index (χ2v) is 4.12. The van der Waals surface area contributed by atoms with Crippen LogP contribution < -0.4 is 5.32 Å². The molecule has 1 aliphatic rings. The SMILES string of the molecule is CNC(C)Cc1cnc(C2CCOC2)o1. The van der Waals surface area contributed by atoms with E-state index in [0.717, 1.165) is 37.7 Å². The average Bonchev–Trinajstić information content (AvgIpc) is 2.85. The van der Waals surface area contributed by atoms with Crippen LogP contribution in [0.1, 0.15) is 30.9 Å². The quantitative estimate of drug-likeness (QED) is 0.814. The molecule has 0 radical (unpaired) electrons. The second-order valence-electron chi connectivity index (χ2n) is 4.12. The van der Waals surface area contributed by atoms with Crippen molar-refractivity contribution >= 4 is 0 Å². The molecule has 0 bridgehead atoms. The molecular weight excluding hydrogens is 192 g/mol. The van der Waals surface area contributed by atoms with Crippen molar-refractivity contribution in [2.75, 3.05) is 20.3 Å². The van der Waals surface area contributed by atoms with Crippen molar-refractivity contribution in [2.24, 2.45) is 0 Å². The van der Waals surface area contributed by atoms with E-state index in [0.29, 0.717) is 12.0 Å². The molecule has 0 saturated carbocycles. The van der Waals surface area contributed by atoms with Gasteiger partial charge in [-0.25, -0.2) is 4.98 Å². The molecule has 1 N–H and O–H groups in total. The van der Waals surface area contributed by atoms with Crippen LogP contribution in [0.25, 0.3) is 0 Å². The normalized spacial score (nSPS) is 23.2. The molecule has 4 nitrogen and oxygen atoms in total. The van der Waals surface area contributed by atoms with E-state index in [1.807, 2.05) is 13.2 Å². The van der Waals surface area contributed by atoms with Gasteiger partial charge in [0.05, 0.1) is 18.7 Å². The van der Waals surface area contributed by atoms with E-state index in [9.17, 15) is 0 Å². The van der Waals surface area contributed by atoms with Gasteiger partial charge in [-0.2, -0.15) is 0 Å². The summed E-state index contributed by atoms with van der Waals surface area (Å²) in [5.74, 6) is 2.16. The minimum absolute atomic E-state index is 0.364. The highest BCUT2D eigenvalue weighted by molar-refractivity contribution is 5.01. The number of oxazole rings is 1. The van der Waals surface area contributed by atoms with Gasteiger partial charge in [-0.3, -0.25) is 0 Å². The maximum atomic E-state index is 5.71. The van der Waals surface area contributed by atoms with Gasteiger partial charge in [0, 0.05) is 19.1 Å². The third-order valence-corrected chi connectivity index (χ3v) is 2.85. The molecule has 2 atom stereocenters. The summed E-state index contributed by atoms with van der Waals surface area (Å²) in [6.45, 7) is 3.71. The molecule has 1 aliphatic heterocycles. The van der Waals surface area contributed by atoms with Crippen LogP contribution >= 0.6 is 0 Å². The van der Waals surface area contributed by atoms with Crippen LogP contribution in [0.5, 0.6) is 0 Å². The summed E-state index contributed by atoms with van der Waals surface area (Å²) in [4.78, 5) is 4.31. The summed E-state index contributed by atoms with van der Waals surface area (Å²) in [5, 5.41) is 3.18. The minimum Gasteiger partial charge on any atom is -0.445 e. The number of hydrogen-bond donors (Lipinski definition) is 1. The predicted octanol–water partition coefficient (Wildman–Crippen LogP) is 1.33. The molecule has 1 saturated heterocycles. The average molecular weight is 210 g/mol. The fraction of sp³-hybridized carbons (Fsp3) is 0.727. The Morgan fingerprint density at radius 1 is 1.67 bits per heavy atom. The highest BCUT2D eigenvalue weighted by atomic mass is 16.5. The molecule has 2 unspecified atom stereocenters. The van der Waals surface area contributed by atoms with Crippen LogP contribution in [0, 0.1) is 0 Å². The first-order valence-corrected chi connectivity index (χ1v) is 5.49. The third-order valence-electron chi connectivity index (χ3n) is 2.85. The zero-order valence-corrected chi connectivity index (χ0v) is 9.32. The van der Waals surface area contributed by atoms with E-state index in [4.69, 9.17) is 9.15 Å². The summed E-state index contributed by atoms with van der Waals surface area (Å²) in [5.41, 5.74) is 0. The van der Waals surface area contributed by atoms with Gasteiger partial charge in [-0.05, 0) is 20.4 Å². The van der Waals surface area contributed by atoms with Crippen LogP contribution in [-0.4, -0.2) is 31.3 Å². The Morgan fingerprint density at radius 3 is 3.20 bits per heavy atom. The smallest absolute Gasteiger partial charge is 0.199 e. The number of hydrogen-bond acceptors (Lipinski definition) is 4. The largest absolute Gasteiger partial charge is 0.445 e. The van der Waals surface area contributed by atoms with Crippen molar-refractivity contribution in [1.82, 2.24) is 10.3 Å². The van der Waals surface area contributed by atoms with E-state index in [1.54, 1.807) is 0 Å². The minimum atomic E-state index is 0.364. The molecule has 2 heterocycles. The molecule has 0 amide bonds. The molecule has 0 aromatic carbocycles. The zero-order chi connectivity index (χ0) is 10.7. The molecule has 2 rings (SSSR count). The fourth-order valence-electron chi connectivity index (χ4n) is 1.74. The van der Waals surface area contributed by atoms with Crippen molar-refractivity contribution in [1.29, 1.82) is 0 Å². The Bertz CT molecular complexity index is 305. The molecule has 0 aliphatic carbocycles. The summed E-state index contributed by atoms with van der Waals surface area (Å²) in [7, 11) is 1.95. The Hall–Kier alpha value is -0.870. The number of likely N-dealkylation sites (N-methyl/N-ethyl adjacent to an activating group) is 1. The van der Waals surface area contributed by atoms with Crippen LogP contribution in [0.2, 0.25) is 0 Å². The van der Waals surface area contributed by atoms with Crippen molar-refractivity contribution in [3.63, 3.8) is 0 Å². The van der Waals surface area contributed by atoms with E-state index >= 15 is 0 Å².